The Kier molecular flexibility index (Phi) is 6.21. The van der Waals surface area contributed by atoms with Crippen LogP contribution >= 0.6 is 0 Å². The zero-order chi connectivity index (χ0) is 25.6. The lowest BCUT2D eigenvalue weighted by atomic mass is 9.65. The molecule has 0 amide bonds. The number of nitro groups is 1. The van der Waals surface area contributed by atoms with Crippen LogP contribution in [0.3, 0.4) is 0 Å². The fourth-order valence-corrected chi connectivity index (χ4v) is 8.15. The molecule has 2 aromatic carbocycles. The Bertz CT molecular complexity index is 1280. The number of non-ortho nitro benzene ring substituents is 1. The van der Waals surface area contributed by atoms with Crippen LogP contribution in [-0.2, 0) is 10.8 Å². The van der Waals surface area contributed by atoms with Crippen molar-refractivity contribution < 1.29 is 9.50 Å². The molecule has 2 fully saturated rings. The first-order valence-electron chi connectivity index (χ1n) is 14.6. The number of nitrogens with zero attached hydrogens (tertiary/aromatic N) is 3. The first kappa shape index (κ1) is 24.4. The highest BCUT2D eigenvalue weighted by atomic mass is 16.6. The van der Waals surface area contributed by atoms with Crippen molar-refractivity contribution >= 4 is 22.8 Å². The van der Waals surface area contributed by atoms with Gasteiger partial charge in [-0.25, -0.2) is 0 Å². The van der Waals surface area contributed by atoms with Crippen LogP contribution in [0, 0.1) is 10.1 Å². The van der Waals surface area contributed by atoms with E-state index in [-0.39, 0.29) is 21.4 Å². The Balaban J connectivity index is 1.60. The zero-order valence-electron chi connectivity index (χ0n) is 22.5. The fourth-order valence-electron chi connectivity index (χ4n) is 8.15. The molecule has 0 saturated heterocycles. The number of allylic oxidation sites excluding steroid dienone is 2. The van der Waals surface area contributed by atoms with E-state index < -0.39 is 0 Å². The summed E-state index contributed by atoms with van der Waals surface area (Å²) in [7, 11) is 0. The Hall–Kier alpha value is -2.95. The van der Waals surface area contributed by atoms with E-state index in [0.29, 0.717) is 0 Å². The molecule has 5 heteroatoms. The van der Waals surface area contributed by atoms with E-state index >= 15 is 0 Å². The molecular weight excluding hydrogens is 458 g/mol. The summed E-state index contributed by atoms with van der Waals surface area (Å²) in [4.78, 5) is 14.1. The number of nitro benzene ring substituents is 1. The standard InChI is InChI=1S/C32H40N3O2/c1-3-21-34-27-14-8-7-13-25(27)31(17-9-5-10-18-31)30(34)23-29-32(19-11-6-12-20-32)26-22-24(35(36)37)15-16-28(26)33(29)4-2/h7-8,13-16,22-23H,3-6,9-12,17-21H2,1-2H3/q+1. The summed E-state index contributed by atoms with van der Waals surface area (Å²) in [6, 6.07) is 14.7. The minimum atomic E-state index is -0.225. The first-order chi connectivity index (χ1) is 18.1. The van der Waals surface area contributed by atoms with Crippen molar-refractivity contribution in [2.24, 2.45) is 0 Å². The third-order valence-corrected chi connectivity index (χ3v) is 9.72. The quantitative estimate of drug-likeness (QED) is 0.239. The largest absolute Gasteiger partial charge is 0.344 e. The lowest BCUT2D eigenvalue weighted by Gasteiger charge is -2.38. The Morgan fingerprint density at radius 2 is 1.59 bits per heavy atom. The molecule has 0 unspecified atom stereocenters. The van der Waals surface area contributed by atoms with Crippen LogP contribution in [-0.4, -0.2) is 28.3 Å². The number of fused-ring (bicyclic) bond motifs is 4. The van der Waals surface area contributed by atoms with E-state index in [1.807, 2.05) is 12.1 Å². The number of rotatable bonds is 5. The van der Waals surface area contributed by atoms with Gasteiger partial charge in [-0.05, 0) is 44.2 Å². The second kappa shape index (κ2) is 9.41. The second-order valence-corrected chi connectivity index (χ2v) is 11.6. The van der Waals surface area contributed by atoms with Crippen LogP contribution in [0.4, 0.5) is 17.1 Å². The average molecular weight is 499 g/mol. The van der Waals surface area contributed by atoms with Gasteiger partial charge in [0.25, 0.3) is 5.69 Å². The van der Waals surface area contributed by atoms with E-state index in [9.17, 15) is 10.1 Å². The molecule has 37 heavy (non-hydrogen) atoms. The van der Waals surface area contributed by atoms with Gasteiger partial charge in [-0.1, -0.05) is 63.6 Å². The SMILES string of the molecule is CCC[N+]1=C(C=C2N(CC)c3ccc([N+](=O)[O-])cc3C23CCCCC3)C2(CCCCC2)c2ccccc21. The highest BCUT2D eigenvalue weighted by Crippen LogP contribution is 2.57. The number of anilines is 1. The molecule has 5 nitrogen and oxygen atoms in total. The van der Waals surface area contributed by atoms with Gasteiger partial charge in [-0.15, -0.1) is 0 Å². The van der Waals surface area contributed by atoms with Crippen LogP contribution in [0.25, 0.3) is 0 Å². The molecule has 0 aromatic heterocycles. The van der Waals surface area contributed by atoms with Crippen molar-refractivity contribution in [2.45, 2.75) is 95.3 Å². The van der Waals surface area contributed by atoms with Crippen LogP contribution in [0.2, 0.25) is 0 Å². The van der Waals surface area contributed by atoms with E-state index in [1.165, 1.54) is 85.3 Å². The Morgan fingerprint density at radius 3 is 2.24 bits per heavy atom. The van der Waals surface area contributed by atoms with Gasteiger partial charge >= 0.3 is 0 Å². The maximum Gasteiger partial charge on any atom is 0.269 e. The average Bonchev–Trinajstić information content (AvgIpc) is 3.32. The summed E-state index contributed by atoms with van der Waals surface area (Å²) in [6.45, 7) is 6.41. The summed E-state index contributed by atoms with van der Waals surface area (Å²) in [5, 5.41) is 11.8. The summed E-state index contributed by atoms with van der Waals surface area (Å²) >= 11 is 0. The number of hydrogen-bond donors (Lipinski definition) is 0. The van der Waals surface area contributed by atoms with E-state index in [1.54, 1.807) is 6.07 Å². The Morgan fingerprint density at radius 1 is 0.919 bits per heavy atom. The van der Waals surface area contributed by atoms with Crippen molar-refractivity contribution in [3.63, 3.8) is 0 Å². The lowest BCUT2D eigenvalue weighted by molar-refractivity contribution is -0.437. The fraction of sp³-hybridized carbons (Fsp3) is 0.531. The topological polar surface area (TPSA) is 49.4 Å². The van der Waals surface area contributed by atoms with Crippen LogP contribution in [0.5, 0.6) is 0 Å². The molecule has 0 radical (unpaired) electrons. The lowest BCUT2D eigenvalue weighted by Crippen LogP contribution is -2.40. The predicted octanol–water partition coefficient (Wildman–Crippen LogP) is 7.93. The maximum absolute atomic E-state index is 11.8. The molecule has 4 aliphatic rings. The minimum Gasteiger partial charge on any atom is -0.344 e. The molecule has 6 rings (SSSR count). The van der Waals surface area contributed by atoms with Crippen molar-refractivity contribution in [1.29, 1.82) is 0 Å². The number of hydrogen-bond acceptors (Lipinski definition) is 3. The molecule has 0 N–H and O–H groups in total. The molecular formula is C32H40N3O2+. The van der Waals surface area contributed by atoms with Gasteiger partial charge in [-0.3, -0.25) is 10.1 Å². The van der Waals surface area contributed by atoms with Crippen LogP contribution in [0.15, 0.2) is 54.2 Å². The maximum atomic E-state index is 11.8. The normalized spacial score (nSPS) is 22.6. The van der Waals surface area contributed by atoms with Crippen molar-refractivity contribution in [3.8, 4) is 0 Å². The highest BCUT2D eigenvalue weighted by Gasteiger charge is 2.54. The molecule has 2 saturated carbocycles. The van der Waals surface area contributed by atoms with E-state index in [0.717, 1.165) is 32.4 Å². The number of likely N-dealkylation sites (N-methyl/N-ethyl adjacent to an activating group) is 1. The third-order valence-electron chi connectivity index (χ3n) is 9.72. The van der Waals surface area contributed by atoms with Crippen molar-refractivity contribution in [3.05, 3.63) is 75.5 Å². The molecule has 2 aromatic rings. The van der Waals surface area contributed by atoms with Gasteiger partial charge < -0.3 is 4.90 Å². The number of para-hydroxylation sites is 1. The first-order valence-corrected chi connectivity index (χ1v) is 14.6. The third kappa shape index (κ3) is 3.60. The second-order valence-electron chi connectivity index (χ2n) is 11.6. The molecule has 2 aliphatic heterocycles. The van der Waals surface area contributed by atoms with Gasteiger partial charge in [-0.2, -0.15) is 4.58 Å². The van der Waals surface area contributed by atoms with Gasteiger partial charge in [0.05, 0.1) is 10.3 Å². The summed E-state index contributed by atoms with van der Waals surface area (Å²) in [5.41, 5.74) is 8.31. The molecule has 0 atom stereocenters. The molecule has 2 aliphatic carbocycles. The molecule has 0 bridgehead atoms. The smallest absolute Gasteiger partial charge is 0.269 e. The minimum absolute atomic E-state index is 0.0764. The van der Waals surface area contributed by atoms with Gasteiger partial charge in [0, 0.05) is 59.6 Å². The summed E-state index contributed by atoms with van der Waals surface area (Å²) in [6.07, 6.45) is 15.7. The van der Waals surface area contributed by atoms with E-state index in [2.05, 4.69) is 53.7 Å². The van der Waals surface area contributed by atoms with Crippen molar-refractivity contribution in [2.75, 3.05) is 18.0 Å². The van der Waals surface area contributed by atoms with Crippen LogP contribution in [0.1, 0.15) is 95.6 Å². The molecule has 2 heterocycles. The number of benzene rings is 2. The van der Waals surface area contributed by atoms with Gasteiger partial charge in [0.1, 0.15) is 6.54 Å². The zero-order valence-corrected chi connectivity index (χ0v) is 22.5. The molecule has 2 spiro atoms. The summed E-state index contributed by atoms with van der Waals surface area (Å²) in [5.74, 6) is 0. The van der Waals surface area contributed by atoms with Crippen molar-refractivity contribution in [1.82, 2.24) is 0 Å². The van der Waals surface area contributed by atoms with Crippen LogP contribution < -0.4 is 4.90 Å². The van der Waals surface area contributed by atoms with Gasteiger partial charge in [0.2, 0.25) is 5.69 Å². The highest BCUT2D eigenvalue weighted by molar-refractivity contribution is 6.05. The molecule has 194 valence electrons. The van der Waals surface area contributed by atoms with E-state index in [4.69, 9.17) is 0 Å². The Labute approximate surface area is 221 Å². The monoisotopic (exact) mass is 498 g/mol. The predicted molar refractivity (Wildman–Crippen MR) is 150 cm³/mol. The summed E-state index contributed by atoms with van der Waals surface area (Å²) < 4.78 is 2.63. The van der Waals surface area contributed by atoms with Gasteiger partial charge in [0.15, 0.2) is 5.71 Å².